The Morgan fingerprint density at radius 1 is 1.39 bits per heavy atom. The highest BCUT2D eigenvalue weighted by molar-refractivity contribution is 5.94. The second-order valence-corrected chi connectivity index (χ2v) is 3.58. The lowest BCUT2D eigenvalue weighted by Crippen LogP contribution is -2.05. The Kier molecular flexibility index (Phi) is 2.88. The van der Waals surface area contributed by atoms with E-state index in [1.165, 1.54) is 23.8 Å². The van der Waals surface area contributed by atoms with E-state index < -0.39 is 11.9 Å². The number of carboxylic acid groups (broad SMARTS) is 2. The summed E-state index contributed by atoms with van der Waals surface area (Å²) in [4.78, 5) is 25.6. The molecular weight excluding hydrogens is 240 g/mol. The Bertz CT molecular complexity index is 632. The molecule has 7 nitrogen and oxygen atoms in total. The van der Waals surface area contributed by atoms with Crippen molar-refractivity contribution in [3.63, 3.8) is 0 Å². The van der Waals surface area contributed by atoms with E-state index in [4.69, 9.17) is 14.9 Å². The molecule has 2 heterocycles. The van der Waals surface area contributed by atoms with Crippen LogP contribution in [-0.4, -0.2) is 38.6 Å². The van der Waals surface area contributed by atoms with Crippen LogP contribution in [-0.2, 0) is 11.2 Å². The number of hydrogen-bond acceptors (Lipinski definition) is 4. The second kappa shape index (κ2) is 4.36. The summed E-state index contributed by atoms with van der Waals surface area (Å²) in [5, 5.41) is 17.8. The summed E-state index contributed by atoms with van der Waals surface area (Å²) < 4.78 is 6.42. The molecule has 0 atom stereocenters. The zero-order chi connectivity index (χ0) is 13.3. The van der Waals surface area contributed by atoms with Gasteiger partial charge in [-0.05, 0) is 12.1 Å². The van der Waals surface area contributed by atoms with E-state index in [1.807, 2.05) is 0 Å². The van der Waals surface area contributed by atoms with Crippen molar-refractivity contribution in [2.24, 2.45) is 0 Å². The fourth-order valence-electron chi connectivity index (χ4n) is 1.67. The molecule has 7 heteroatoms. The predicted molar refractivity (Wildman–Crippen MR) is 60.0 cm³/mol. The van der Waals surface area contributed by atoms with Gasteiger partial charge in [-0.1, -0.05) is 0 Å². The monoisotopic (exact) mass is 250 g/mol. The summed E-state index contributed by atoms with van der Waals surface area (Å²) in [7, 11) is 1.47. The van der Waals surface area contributed by atoms with Crippen LogP contribution >= 0.6 is 0 Å². The lowest BCUT2D eigenvalue weighted by molar-refractivity contribution is -0.136. The highest BCUT2D eigenvalue weighted by Gasteiger charge is 2.18. The van der Waals surface area contributed by atoms with Crippen molar-refractivity contribution < 1.29 is 24.5 Å². The van der Waals surface area contributed by atoms with Crippen LogP contribution in [0.2, 0.25) is 0 Å². The molecule has 0 radical (unpaired) electrons. The molecular formula is C11H10N2O5. The third-order valence-corrected chi connectivity index (χ3v) is 2.43. The average Bonchev–Trinajstić information content (AvgIpc) is 2.67. The fraction of sp³-hybridized carbons (Fsp3) is 0.182. The number of aromatic carboxylic acids is 1. The lowest BCUT2D eigenvalue weighted by atomic mass is 10.3. The van der Waals surface area contributed by atoms with Gasteiger partial charge in [0.25, 0.3) is 0 Å². The third-order valence-electron chi connectivity index (χ3n) is 2.43. The molecule has 0 aliphatic rings. The fourth-order valence-corrected chi connectivity index (χ4v) is 1.67. The van der Waals surface area contributed by atoms with E-state index in [0.717, 1.165) is 0 Å². The van der Waals surface area contributed by atoms with Gasteiger partial charge in [-0.15, -0.1) is 0 Å². The number of ether oxygens (including phenoxy) is 1. The van der Waals surface area contributed by atoms with Crippen LogP contribution in [0.5, 0.6) is 5.75 Å². The molecule has 0 fully saturated rings. The van der Waals surface area contributed by atoms with E-state index in [1.54, 1.807) is 6.07 Å². The van der Waals surface area contributed by atoms with Crippen molar-refractivity contribution in [3.05, 3.63) is 29.8 Å². The van der Waals surface area contributed by atoms with Crippen LogP contribution in [0.25, 0.3) is 5.52 Å². The number of aliphatic carboxylic acids is 1. The minimum atomic E-state index is -1.20. The number of carbonyl (C=O) groups is 2. The van der Waals surface area contributed by atoms with Crippen LogP contribution in [0.15, 0.2) is 18.3 Å². The number of pyridine rings is 1. The van der Waals surface area contributed by atoms with Gasteiger partial charge in [0, 0.05) is 0 Å². The van der Waals surface area contributed by atoms with Crippen molar-refractivity contribution in [3.8, 4) is 5.75 Å². The summed E-state index contributed by atoms with van der Waals surface area (Å²) in [6.07, 6.45) is 1.15. The summed E-state index contributed by atoms with van der Waals surface area (Å²) in [6.45, 7) is 0. The summed E-state index contributed by atoms with van der Waals surface area (Å²) in [6, 6.07) is 3.12. The number of imidazole rings is 1. The molecule has 2 aromatic heterocycles. The Labute approximate surface area is 101 Å². The maximum Gasteiger partial charge on any atom is 0.356 e. The van der Waals surface area contributed by atoms with Crippen LogP contribution < -0.4 is 4.74 Å². The normalized spacial score (nSPS) is 10.5. The van der Waals surface area contributed by atoms with E-state index >= 15 is 0 Å². The molecule has 0 bridgehead atoms. The molecule has 0 aliphatic carbocycles. The maximum absolute atomic E-state index is 11.0. The first-order valence-electron chi connectivity index (χ1n) is 5.03. The molecule has 2 N–H and O–H groups in total. The Balaban J connectivity index is 2.68. The molecule has 2 rings (SSSR count). The third kappa shape index (κ3) is 1.97. The molecule has 2 aromatic rings. The second-order valence-electron chi connectivity index (χ2n) is 3.58. The van der Waals surface area contributed by atoms with Gasteiger partial charge in [0.05, 0.1) is 18.8 Å². The van der Waals surface area contributed by atoms with Gasteiger partial charge >= 0.3 is 11.9 Å². The summed E-state index contributed by atoms with van der Waals surface area (Å²) in [5.74, 6) is -1.65. The van der Waals surface area contributed by atoms with Gasteiger partial charge in [-0.3, -0.25) is 9.20 Å². The van der Waals surface area contributed by atoms with E-state index in [0.29, 0.717) is 11.3 Å². The van der Waals surface area contributed by atoms with Gasteiger partial charge in [0.15, 0.2) is 5.69 Å². The van der Waals surface area contributed by atoms with E-state index in [-0.39, 0.29) is 17.9 Å². The highest BCUT2D eigenvalue weighted by atomic mass is 16.5. The Morgan fingerprint density at radius 2 is 2.11 bits per heavy atom. The topological polar surface area (TPSA) is 101 Å². The standard InChI is InChI=1S/C11H10N2O5/c1-18-6-2-3-7-10(11(16)17)12-8(4-9(14)15)13(7)5-6/h2-3,5H,4H2,1H3,(H,14,15)(H,16,17). The van der Waals surface area contributed by atoms with Gasteiger partial charge in [0.1, 0.15) is 18.0 Å². The predicted octanol–water partition coefficient (Wildman–Crippen LogP) is 0.668. The van der Waals surface area contributed by atoms with Gasteiger partial charge in [-0.25, -0.2) is 9.78 Å². The van der Waals surface area contributed by atoms with E-state index in [2.05, 4.69) is 4.98 Å². The van der Waals surface area contributed by atoms with Gasteiger partial charge in [0.2, 0.25) is 0 Å². The minimum Gasteiger partial charge on any atom is -0.495 e. The summed E-state index contributed by atoms with van der Waals surface area (Å²) in [5.41, 5.74) is 0.161. The van der Waals surface area contributed by atoms with Crippen molar-refractivity contribution in [1.82, 2.24) is 9.38 Å². The molecule has 0 saturated carbocycles. The van der Waals surface area contributed by atoms with Crippen LogP contribution in [0.3, 0.4) is 0 Å². The van der Waals surface area contributed by atoms with Gasteiger partial charge < -0.3 is 14.9 Å². The molecule has 0 aromatic carbocycles. The smallest absolute Gasteiger partial charge is 0.356 e. The molecule has 18 heavy (non-hydrogen) atoms. The SMILES string of the molecule is COc1ccc2c(C(=O)O)nc(CC(=O)O)n2c1. The number of hydrogen-bond donors (Lipinski definition) is 2. The molecule has 0 spiro atoms. The largest absolute Gasteiger partial charge is 0.495 e. The Morgan fingerprint density at radius 3 is 2.67 bits per heavy atom. The zero-order valence-corrected chi connectivity index (χ0v) is 9.45. The highest BCUT2D eigenvalue weighted by Crippen LogP contribution is 2.19. The maximum atomic E-state index is 11.0. The van der Waals surface area contributed by atoms with Crippen molar-refractivity contribution in [2.75, 3.05) is 7.11 Å². The summed E-state index contributed by atoms with van der Waals surface area (Å²) >= 11 is 0. The number of carboxylic acids is 2. The van der Waals surface area contributed by atoms with Crippen LogP contribution in [0.1, 0.15) is 16.3 Å². The first kappa shape index (κ1) is 11.9. The lowest BCUT2D eigenvalue weighted by Gasteiger charge is -2.02. The first-order valence-corrected chi connectivity index (χ1v) is 5.03. The van der Waals surface area contributed by atoms with Crippen molar-refractivity contribution in [2.45, 2.75) is 6.42 Å². The number of rotatable bonds is 4. The molecule has 94 valence electrons. The number of methoxy groups -OCH3 is 1. The quantitative estimate of drug-likeness (QED) is 0.826. The average molecular weight is 250 g/mol. The van der Waals surface area contributed by atoms with Crippen LogP contribution in [0.4, 0.5) is 0 Å². The molecule has 0 saturated heterocycles. The minimum absolute atomic E-state index is 0.147. The molecule has 0 aliphatic heterocycles. The number of aromatic nitrogens is 2. The number of fused-ring (bicyclic) bond motifs is 1. The van der Waals surface area contributed by atoms with E-state index in [9.17, 15) is 9.59 Å². The number of nitrogens with zero attached hydrogens (tertiary/aromatic N) is 2. The zero-order valence-electron chi connectivity index (χ0n) is 9.45. The van der Waals surface area contributed by atoms with Crippen LogP contribution in [0, 0.1) is 0 Å². The van der Waals surface area contributed by atoms with Crippen molar-refractivity contribution >= 4 is 17.5 Å². The first-order chi connectivity index (χ1) is 8.52. The molecule has 0 amide bonds. The van der Waals surface area contributed by atoms with Crippen molar-refractivity contribution in [1.29, 1.82) is 0 Å². The Hall–Kier alpha value is -2.57. The van der Waals surface area contributed by atoms with Gasteiger partial charge in [-0.2, -0.15) is 0 Å². The molecule has 0 unspecified atom stereocenters.